The molecule has 0 saturated heterocycles. The molecule has 2 heteroatoms. The Labute approximate surface area is 412 Å². The predicted octanol–water partition coefficient (Wildman–Crippen LogP) is 18.9. The van der Waals surface area contributed by atoms with Crippen molar-refractivity contribution in [3.8, 4) is 0 Å². The van der Waals surface area contributed by atoms with E-state index in [1.54, 1.807) is 44.2 Å². The summed E-state index contributed by atoms with van der Waals surface area (Å²) in [5.41, 5.74) is 23.1. The normalized spacial score (nSPS) is 23.8. The van der Waals surface area contributed by atoms with E-state index in [-0.39, 0.29) is 32.5 Å². The van der Waals surface area contributed by atoms with Gasteiger partial charge in [0.1, 0.15) is 0 Å². The molecule has 69 heavy (non-hydrogen) atoms. The van der Waals surface area contributed by atoms with Crippen molar-refractivity contribution >= 4 is 76.2 Å². The quantitative estimate of drug-likeness (QED) is 0.163. The number of hydrogen-bond acceptors (Lipinski definition) is 0. The van der Waals surface area contributed by atoms with Gasteiger partial charge in [-0.25, -0.2) is 0 Å². The van der Waals surface area contributed by atoms with Crippen LogP contribution in [0, 0.1) is 10.8 Å². The van der Waals surface area contributed by atoms with Crippen molar-refractivity contribution in [3.63, 3.8) is 0 Å². The lowest BCUT2D eigenvalue weighted by Crippen LogP contribution is -2.44. The Bertz CT molecular complexity index is 3690. The van der Waals surface area contributed by atoms with Crippen LogP contribution in [0.2, 0.25) is 0 Å². The summed E-state index contributed by atoms with van der Waals surface area (Å²) in [6, 6.07) is 21.3. The molecule has 3 saturated carbocycles. The van der Waals surface area contributed by atoms with Crippen molar-refractivity contribution in [1.29, 1.82) is 0 Å². The molecule has 358 valence electrons. The molecule has 6 aliphatic carbocycles. The van der Waals surface area contributed by atoms with Crippen LogP contribution in [0.4, 0.5) is 0 Å². The van der Waals surface area contributed by atoms with Gasteiger partial charge in [0, 0.05) is 43.1 Å². The van der Waals surface area contributed by atoms with E-state index >= 15 is 0 Å². The second-order valence-electron chi connectivity index (χ2n) is 29.9. The maximum Gasteiger partial charge on any atom is 0.0621 e. The number of rotatable bonds is 2. The van der Waals surface area contributed by atoms with Crippen LogP contribution in [-0.2, 0) is 45.3 Å². The lowest BCUT2D eigenvalue weighted by Gasteiger charge is -2.52. The zero-order valence-electron chi connectivity index (χ0n) is 45.1. The van der Waals surface area contributed by atoms with E-state index in [0.29, 0.717) is 10.8 Å². The minimum Gasteiger partial charge on any atom is -0.308 e. The molecule has 2 spiro atoms. The first-order valence-electron chi connectivity index (χ1n) is 27.9. The van der Waals surface area contributed by atoms with Crippen LogP contribution in [0.25, 0.3) is 76.2 Å². The van der Waals surface area contributed by atoms with Crippen LogP contribution in [-0.4, -0.2) is 8.80 Å². The fraction of sp³-hybridized carbons (Fsp3) is 0.552. The molecule has 4 heterocycles. The molecule has 3 fully saturated rings. The zero-order valence-corrected chi connectivity index (χ0v) is 45.1. The van der Waals surface area contributed by atoms with E-state index in [2.05, 4.69) is 154 Å². The molecule has 2 bridgehead atoms. The number of benzene rings is 5. The summed E-state index contributed by atoms with van der Waals surface area (Å²) in [5.74, 6) is 0. The smallest absolute Gasteiger partial charge is 0.0621 e. The molecule has 6 aliphatic rings. The largest absolute Gasteiger partial charge is 0.308 e. The standard InChI is InChI=1S/C67H80N2/c1-60(2,3)35-44-51-41-32-39(63(10,11)12)34-43-53-49(22-20-47-55(53)67(25-17-18-26-67)37-66(47)23-15-16-24-66)69(57(41)43)59(51)45(36-61(4,5)6)50-40-31-38(62(7,8)9)33-42-52-48(68(56(40)42)58(44)50)21-19-46-54(52)65(14)29-27-64(46,13)28-30-65/h19-22,31-34H,15-18,23-30,35-37H2,1-14H3. The van der Waals surface area contributed by atoms with Gasteiger partial charge in [-0.3, -0.25) is 0 Å². The van der Waals surface area contributed by atoms with Crippen LogP contribution in [0.5, 0.6) is 0 Å². The average Bonchev–Trinajstić information content (AvgIpc) is 4.14. The van der Waals surface area contributed by atoms with E-state index in [0.717, 1.165) is 12.8 Å². The lowest BCUT2D eigenvalue weighted by atomic mass is 9.52. The van der Waals surface area contributed by atoms with Crippen molar-refractivity contribution < 1.29 is 0 Å². The first kappa shape index (κ1) is 43.5. The summed E-state index contributed by atoms with van der Waals surface area (Å²) in [6.07, 6.45) is 19.6. The molecule has 0 amide bonds. The molecule has 2 nitrogen and oxygen atoms in total. The molecule has 0 unspecified atom stereocenters. The van der Waals surface area contributed by atoms with Gasteiger partial charge in [-0.05, 0) is 195 Å². The highest BCUT2D eigenvalue weighted by molar-refractivity contribution is 6.32. The molecule has 15 rings (SSSR count). The highest BCUT2D eigenvalue weighted by Gasteiger charge is 2.55. The van der Waals surface area contributed by atoms with Crippen molar-refractivity contribution in [2.75, 3.05) is 0 Å². The average molecular weight is 913 g/mol. The minimum atomic E-state index is -0.00358. The Kier molecular flexibility index (Phi) is 8.20. The number of hydrogen-bond donors (Lipinski definition) is 0. The van der Waals surface area contributed by atoms with E-state index in [1.165, 1.54) is 160 Å². The van der Waals surface area contributed by atoms with Gasteiger partial charge < -0.3 is 8.80 Å². The molecule has 5 aromatic carbocycles. The summed E-state index contributed by atoms with van der Waals surface area (Å²) in [5, 5.41) is 12.3. The SMILES string of the molecule is CC(C)(C)Cc1c2c3cc(C(C)(C)C)cc4c5c6c(ccc5n(c2c(CC(C)(C)C)c2c5cc(C(C)(C)C)cc7c8c9c(ccc8n(c12)c75)C1(CCCC1)CC91CCCC1)c43)C1(C)CCC6(C)CC1. The maximum atomic E-state index is 2.91. The van der Waals surface area contributed by atoms with E-state index < -0.39 is 0 Å². The third-order valence-electron chi connectivity index (χ3n) is 20.4. The summed E-state index contributed by atoms with van der Waals surface area (Å²) in [4.78, 5) is 0. The van der Waals surface area contributed by atoms with Crippen LogP contribution in [0.3, 0.4) is 0 Å². The molecule has 0 N–H and O–H groups in total. The Hall–Kier alpha value is -4.30. The van der Waals surface area contributed by atoms with Gasteiger partial charge in [0.2, 0.25) is 0 Å². The Morgan fingerprint density at radius 3 is 1.25 bits per heavy atom. The zero-order chi connectivity index (χ0) is 48.1. The van der Waals surface area contributed by atoms with Crippen LogP contribution in [0.15, 0.2) is 48.5 Å². The summed E-state index contributed by atoms with van der Waals surface area (Å²) in [6.45, 7) is 35.0. The molecule has 9 aromatic rings. The minimum absolute atomic E-state index is 0.000309. The maximum absolute atomic E-state index is 2.91. The van der Waals surface area contributed by atoms with Crippen LogP contribution >= 0.6 is 0 Å². The van der Waals surface area contributed by atoms with Crippen molar-refractivity contribution in [2.45, 2.75) is 226 Å². The van der Waals surface area contributed by atoms with Gasteiger partial charge >= 0.3 is 0 Å². The fourth-order valence-electron chi connectivity index (χ4n) is 17.3. The summed E-state index contributed by atoms with van der Waals surface area (Å²) < 4.78 is 5.78. The molecular formula is C67H80N2. The van der Waals surface area contributed by atoms with Crippen LogP contribution < -0.4 is 0 Å². The van der Waals surface area contributed by atoms with Gasteiger partial charge in [0.25, 0.3) is 0 Å². The summed E-state index contributed by atoms with van der Waals surface area (Å²) >= 11 is 0. The van der Waals surface area contributed by atoms with Crippen molar-refractivity contribution in [1.82, 2.24) is 8.80 Å². The van der Waals surface area contributed by atoms with Crippen LogP contribution in [0.1, 0.15) is 225 Å². The van der Waals surface area contributed by atoms with E-state index in [9.17, 15) is 0 Å². The third kappa shape index (κ3) is 5.51. The van der Waals surface area contributed by atoms with E-state index in [4.69, 9.17) is 0 Å². The van der Waals surface area contributed by atoms with Gasteiger partial charge in [0.15, 0.2) is 0 Å². The first-order valence-corrected chi connectivity index (χ1v) is 27.9. The Morgan fingerprint density at radius 1 is 0.420 bits per heavy atom. The fourth-order valence-corrected chi connectivity index (χ4v) is 17.3. The summed E-state index contributed by atoms with van der Waals surface area (Å²) in [7, 11) is 0. The van der Waals surface area contributed by atoms with Crippen molar-refractivity contribution in [2.24, 2.45) is 10.8 Å². The van der Waals surface area contributed by atoms with Crippen molar-refractivity contribution in [3.05, 3.63) is 93.0 Å². The number of nitrogens with zero attached hydrogens (tertiary/aromatic N) is 2. The highest BCUT2D eigenvalue weighted by atomic mass is 14.9. The number of fused-ring (bicyclic) bond motifs is 18. The Morgan fingerprint density at radius 2 is 0.812 bits per heavy atom. The number of aromatic nitrogens is 2. The topological polar surface area (TPSA) is 8.82 Å². The van der Waals surface area contributed by atoms with Gasteiger partial charge in [-0.2, -0.15) is 0 Å². The first-order chi connectivity index (χ1) is 32.4. The van der Waals surface area contributed by atoms with Gasteiger partial charge in [-0.15, -0.1) is 0 Å². The van der Waals surface area contributed by atoms with E-state index in [1.807, 2.05) is 0 Å². The third-order valence-corrected chi connectivity index (χ3v) is 20.4. The molecule has 0 atom stereocenters. The molecule has 4 aromatic heterocycles. The second-order valence-corrected chi connectivity index (χ2v) is 29.9. The van der Waals surface area contributed by atoms with Gasteiger partial charge in [-0.1, -0.05) is 135 Å². The molecule has 0 radical (unpaired) electrons. The molecular weight excluding hydrogens is 833 g/mol. The lowest BCUT2D eigenvalue weighted by molar-refractivity contribution is 0.190. The Balaban J connectivity index is 1.26. The monoisotopic (exact) mass is 913 g/mol. The molecule has 0 aliphatic heterocycles. The van der Waals surface area contributed by atoms with Gasteiger partial charge in [0.05, 0.1) is 33.1 Å². The predicted molar refractivity (Wildman–Crippen MR) is 298 cm³/mol. The second kappa shape index (κ2) is 13.0. The highest BCUT2D eigenvalue weighted by Crippen LogP contribution is 2.65.